The predicted molar refractivity (Wildman–Crippen MR) is 153 cm³/mol. The average Bonchev–Trinajstić information content (AvgIpc) is 3.69. The number of fused-ring (bicyclic) bond motifs is 1. The number of anilines is 1. The molecular weight excluding hydrogens is 527 g/mol. The van der Waals surface area contributed by atoms with E-state index >= 15 is 0 Å². The van der Waals surface area contributed by atoms with Crippen molar-refractivity contribution in [2.24, 2.45) is 5.41 Å². The third kappa shape index (κ3) is 4.67. The number of piperidine rings is 1. The van der Waals surface area contributed by atoms with E-state index in [0.717, 1.165) is 96.2 Å². The minimum atomic E-state index is -4.46. The van der Waals surface area contributed by atoms with Crippen LogP contribution in [0.15, 0.2) is 59.1 Å². The lowest BCUT2D eigenvalue weighted by atomic mass is 9.63. The smallest absolute Gasteiger partial charge is 0.417 e. The number of aromatic nitrogens is 2. The molecule has 0 unspecified atom stereocenters. The van der Waals surface area contributed by atoms with Crippen LogP contribution in [-0.2, 0) is 6.18 Å². The Bertz CT molecular complexity index is 1660. The molecule has 0 atom stereocenters. The summed E-state index contributed by atoms with van der Waals surface area (Å²) in [4.78, 5) is 7.08. The van der Waals surface area contributed by atoms with Gasteiger partial charge in [0.25, 0.3) is 0 Å². The number of hydrogen-bond donors (Lipinski definition) is 0. The molecule has 1 spiro atoms. The number of hydrogen-bond acceptors (Lipinski definition) is 5. The molecule has 0 amide bonds. The van der Waals surface area contributed by atoms with Gasteiger partial charge in [0.2, 0.25) is 0 Å². The van der Waals surface area contributed by atoms with Gasteiger partial charge in [-0.15, -0.1) is 0 Å². The summed E-state index contributed by atoms with van der Waals surface area (Å²) in [6.45, 7) is 6.37. The van der Waals surface area contributed by atoms with Crippen molar-refractivity contribution in [2.75, 3.05) is 24.6 Å². The molecule has 7 rings (SSSR count). The first-order chi connectivity index (χ1) is 19.7. The second-order valence-corrected chi connectivity index (χ2v) is 11.7. The van der Waals surface area contributed by atoms with Gasteiger partial charge in [0.15, 0.2) is 0 Å². The molecule has 2 aromatic heterocycles. The van der Waals surface area contributed by atoms with Crippen molar-refractivity contribution in [3.8, 4) is 17.0 Å². The number of benzene rings is 2. The Balaban J connectivity index is 1.15. The van der Waals surface area contributed by atoms with E-state index in [0.29, 0.717) is 12.3 Å². The lowest BCUT2D eigenvalue weighted by molar-refractivity contribution is -0.137. The minimum absolute atomic E-state index is 0.0523. The normalized spacial score (nSPS) is 18.5. The van der Waals surface area contributed by atoms with Gasteiger partial charge in [-0.1, -0.05) is 29.4 Å². The van der Waals surface area contributed by atoms with Gasteiger partial charge in [0.1, 0.15) is 17.2 Å². The van der Waals surface area contributed by atoms with Crippen LogP contribution < -0.4 is 9.64 Å². The summed E-state index contributed by atoms with van der Waals surface area (Å²) in [5, 5.41) is 5.24. The minimum Gasteiger partial charge on any atom is -0.493 e. The van der Waals surface area contributed by atoms with Crippen LogP contribution in [0.25, 0.3) is 27.7 Å². The zero-order valence-electron chi connectivity index (χ0n) is 23.2. The Morgan fingerprint density at radius 3 is 2.54 bits per heavy atom. The van der Waals surface area contributed by atoms with Crippen LogP contribution in [0, 0.1) is 12.3 Å². The highest BCUT2D eigenvalue weighted by Gasteiger charge is 2.45. The van der Waals surface area contributed by atoms with E-state index in [-0.39, 0.29) is 16.9 Å². The summed E-state index contributed by atoms with van der Waals surface area (Å²) in [6, 6.07) is 14.0. The Hall–Kier alpha value is -3.81. The molecule has 2 aliphatic carbocycles. The molecule has 2 fully saturated rings. The van der Waals surface area contributed by atoms with Crippen LogP contribution in [0.4, 0.5) is 18.9 Å². The summed E-state index contributed by atoms with van der Waals surface area (Å²) < 4.78 is 53.3. The third-order valence-corrected chi connectivity index (χ3v) is 8.80. The summed E-state index contributed by atoms with van der Waals surface area (Å²) in [6.07, 6.45) is 2.61. The SMILES string of the molecule is CCOc1cc(C)nc2ccc(N3CCC4(C=C(c5c(-c6ccccc6C(F)(F)F)noc5C5CC5)C4)CC3)cc12. The van der Waals surface area contributed by atoms with Gasteiger partial charge in [-0.25, -0.2) is 0 Å². The molecule has 4 aromatic rings. The van der Waals surface area contributed by atoms with Crippen molar-refractivity contribution in [3.63, 3.8) is 0 Å². The van der Waals surface area contributed by atoms with E-state index in [1.54, 1.807) is 6.07 Å². The highest BCUT2D eigenvalue weighted by molar-refractivity contribution is 5.89. The van der Waals surface area contributed by atoms with Gasteiger partial charge in [-0.05, 0) is 81.2 Å². The predicted octanol–water partition coefficient (Wildman–Crippen LogP) is 8.57. The van der Waals surface area contributed by atoms with E-state index in [1.165, 1.54) is 12.1 Å². The Labute approximate surface area is 237 Å². The topological polar surface area (TPSA) is 51.4 Å². The van der Waals surface area contributed by atoms with Crippen molar-refractivity contribution in [3.05, 3.63) is 77.2 Å². The van der Waals surface area contributed by atoms with Gasteiger partial charge < -0.3 is 14.2 Å². The monoisotopic (exact) mass is 559 g/mol. The largest absolute Gasteiger partial charge is 0.493 e. The van der Waals surface area contributed by atoms with Crippen LogP contribution in [0.3, 0.4) is 0 Å². The van der Waals surface area contributed by atoms with E-state index in [9.17, 15) is 13.2 Å². The number of alkyl halides is 3. The lowest BCUT2D eigenvalue weighted by Crippen LogP contribution is -2.42. The molecule has 2 aromatic carbocycles. The molecule has 1 aliphatic heterocycles. The highest BCUT2D eigenvalue weighted by Crippen LogP contribution is 2.56. The quantitative estimate of drug-likeness (QED) is 0.237. The zero-order valence-corrected chi connectivity index (χ0v) is 23.2. The molecule has 1 saturated heterocycles. The fourth-order valence-corrected chi connectivity index (χ4v) is 6.55. The van der Waals surface area contributed by atoms with Gasteiger partial charge in [-0.3, -0.25) is 4.98 Å². The lowest BCUT2D eigenvalue weighted by Gasteiger charge is -2.47. The van der Waals surface area contributed by atoms with Crippen molar-refractivity contribution in [2.45, 2.75) is 58.0 Å². The molecular formula is C33H32F3N3O2. The molecule has 8 heteroatoms. The van der Waals surface area contributed by atoms with E-state index in [2.05, 4.69) is 39.3 Å². The van der Waals surface area contributed by atoms with Crippen LogP contribution >= 0.6 is 0 Å². The number of ether oxygens (including phenoxy) is 1. The molecule has 0 N–H and O–H groups in total. The molecule has 0 bridgehead atoms. The highest BCUT2D eigenvalue weighted by atomic mass is 19.4. The van der Waals surface area contributed by atoms with Crippen LogP contribution in [0.2, 0.25) is 0 Å². The third-order valence-electron chi connectivity index (χ3n) is 8.80. The Morgan fingerprint density at radius 2 is 1.83 bits per heavy atom. The fraction of sp³-hybridized carbons (Fsp3) is 0.394. The summed E-state index contributed by atoms with van der Waals surface area (Å²) in [5.74, 6) is 1.86. The van der Waals surface area contributed by atoms with Gasteiger partial charge in [0.05, 0.1) is 17.7 Å². The summed E-state index contributed by atoms with van der Waals surface area (Å²) >= 11 is 0. The molecule has 212 valence electrons. The molecule has 41 heavy (non-hydrogen) atoms. The molecule has 5 nitrogen and oxygen atoms in total. The first kappa shape index (κ1) is 26.1. The Morgan fingerprint density at radius 1 is 1.07 bits per heavy atom. The second kappa shape index (κ2) is 9.64. The fourth-order valence-electron chi connectivity index (χ4n) is 6.55. The van der Waals surface area contributed by atoms with Gasteiger partial charge >= 0.3 is 6.18 Å². The molecule has 1 saturated carbocycles. The molecule has 3 aliphatic rings. The Kier molecular flexibility index (Phi) is 6.14. The van der Waals surface area contributed by atoms with Gasteiger partial charge in [0, 0.05) is 53.0 Å². The maximum Gasteiger partial charge on any atom is 0.417 e. The van der Waals surface area contributed by atoms with Crippen molar-refractivity contribution >= 4 is 22.2 Å². The number of aryl methyl sites for hydroxylation is 1. The first-order valence-electron chi connectivity index (χ1n) is 14.4. The molecule has 0 radical (unpaired) electrons. The van der Waals surface area contributed by atoms with E-state index < -0.39 is 11.7 Å². The summed E-state index contributed by atoms with van der Waals surface area (Å²) in [5.41, 5.74) is 4.68. The zero-order chi connectivity index (χ0) is 28.4. The number of halogens is 3. The molecule has 3 heterocycles. The standard InChI is InChI=1S/C33H32F3N3O2/c1-3-40-28-16-20(2)37-27-11-10-23(17-25(27)28)39-14-12-32(13-15-39)18-22(19-32)29-30(38-41-31(29)21-8-9-21)24-6-4-5-7-26(24)33(34,35)36/h4-7,10-11,16-18,21H,3,8-9,12-15,19H2,1-2H3. The van der Waals surface area contributed by atoms with Crippen LogP contribution in [0.5, 0.6) is 5.75 Å². The van der Waals surface area contributed by atoms with Crippen molar-refractivity contribution in [1.29, 1.82) is 0 Å². The van der Waals surface area contributed by atoms with Crippen LogP contribution in [0.1, 0.15) is 67.5 Å². The van der Waals surface area contributed by atoms with Gasteiger partial charge in [-0.2, -0.15) is 13.2 Å². The number of nitrogens with zero attached hydrogens (tertiary/aromatic N) is 3. The number of allylic oxidation sites excluding steroid dienone is 2. The maximum absolute atomic E-state index is 13.9. The van der Waals surface area contributed by atoms with Crippen molar-refractivity contribution in [1.82, 2.24) is 10.1 Å². The average molecular weight is 560 g/mol. The number of pyridine rings is 1. The summed E-state index contributed by atoms with van der Waals surface area (Å²) in [7, 11) is 0. The van der Waals surface area contributed by atoms with E-state index in [1.807, 2.05) is 19.9 Å². The first-order valence-corrected chi connectivity index (χ1v) is 14.4. The van der Waals surface area contributed by atoms with Crippen LogP contribution in [-0.4, -0.2) is 29.8 Å². The second-order valence-electron chi connectivity index (χ2n) is 11.7. The maximum atomic E-state index is 13.9. The van der Waals surface area contributed by atoms with E-state index in [4.69, 9.17) is 9.26 Å². The van der Waals surface area contributed by atoms with Crippen molar-refractivity contribution < 1.29 is 22.4 Å². The number of rotatable bonds is 6.